The molecule has 0 saturated heterocycles. The topological polar surface area (TPSA) is 92.9 Å². The molecule has 0 aliphatic rings. The minimum absolute atomic E-state index is 0.202. The number of carbonyl (C=O) groups is 1. The zero-order valence-corrected chi connectivity index (χ0v) is 20.2. The minimum Gasteiger partial charge on any atom is -0.436 e. The number of nitrogens with one attached hydrogen (secondary N) is 2. The lowest BCUT2D eigenvalue weighted by Crippen LogP contribution is -2.34. The number of oxazole rings is 1. The zero-order valence-electron chi connectivity index (χ0n) is 18.5. The Labute approximate surface area is 205 Å². The summed E-state index contributed by atoms with van der Waals surface area (Å²) in [4.78, 5) is 17.2. The summed E-state index contributed by atoms with van der Waals surface area (Å²) in [6, 6.07) is 18.8. The predicted molar refractivity (Wildman–Crippen MR) is 139 cm³/mol. The highest BCUT2D eigenvalue weighted by Crippen LogP contribution is 2.28. The fourth-order valence-corrected chi connectivity index (χ4v) is 4.30. The van der Waals surface area contributed by atoms with E-state index in [-0.39, 0.29) is 11.0 Å². The summed E-state index contributed by atoms with van der Waals surface area (Å²) in [7, 11) is 0. The van der Waals surface area contributed by atoms with Crippen LogP contribution >= 0.6 is 23.9 Å². The van der Waals surface area contributed by atoms with Crippen molar-refractivity contribution in [2.24, 2.45) is 0 Å². The van der Waals surface area contributed by atoms with E-state index >= 15 is 0 Å². The molecule has 0 saturated carbocycles. The Hall–Kier alpha value is -3.69. The Balaban J connectivity index is 1.25. The van der Waals surface area contributed by atoms with Crippen LogP contribution in [-0.2, 0) is 0 Å². The van der Waals surface area contributed by atoms with Crippen molar-refractivity contribution in [3.63, 3.8) is 0 Å². The van der Waals surface area contributed by atoms with E-state index in [4.69, 9.17) is 16.6 Å². The van der Waals surface area contributed by atoms with Gasteiger partial charge < -0.3 is 9.73 Å². The van der Waals surface area contributed by atoms with Crippen LogP contribution in [0.15, 0.2) is 65.1 Å². The number of amides is 1. The number of hydrogen-bond acceptors (Lipinski definition) is 7. The molecule has 3 aromatic carbocycles. The van der Waals surface area contributed by atoms with Crippen molar-refractivity contribution in [3.05, 3.63) is 71.8 Å². The summed E-state index contributed by atoms with van der Waals surface area (Å²) in [5.74, 6) is 0.726. The average Bonchev–Trinajstić information content (AvgIpc) is 3.49. The molecule has 34 heavy (non-hydrogen) atoms. The van der Waals surface area contributed by atoms with E-state index in [1.807, 2.05) is 30.3 Å². The Bertz CT molecular complexity index is 1510. The van der Waals surface area contributed by atoms with E-state index < -0.39 is 0 Å². The second-order valence-electron chi connectivity index (χ2n) is 8.01. The molecule has 2 N–H and O–H groups in total. The molecule has 1 unspecified atom stereocenters. The van der Waals surface area contributed by atoms with Crippen LogP contribution in [0.1, 0.15) is 42.1 Å². The highest BCUT2D eigenvalue weighted by molar-refractivity contribution is 7.80. The highest BCUT2D eigenvalue weighted by Gasteiger charge is 2.13. The van der Waals surface area contributed by atoms with E-state index in [9.17, 15) is 4.79 Å². The van der Waals surface area contributed by atoms with Gasteiger partial charge >= 0.3 is 0 Å². The lowest BCUT2D eigenvalue weighted by atomic mass is 9.98. The van der Waals surface area contributed by atoms with Crippen LogP contribution in [0.5, 0.6) is 0 Å². The molecule has 7 nitrogen and oxygen atoms in total. The summed E-state index contributed by atoms with van der Waals surface area (Å²) in [6.45, 7) is 4.38. The van der Waals surface area contributed by atoms with Gasteiger partial charge in [0.1, 0.15) is 16.6 Å². The number of aromatic nitrogens is 3. The first kappa shape index (κ1) is 22.1. The van der Waals surface area contributed by atoms with Crippen molar-refractivity contribution in [2.75, 3.05) is 5.32 Å². The van der Waals surface area contributed by atoms with E-state index in [1.165, 1.54) is 5.56 Å². The summed E-state index contributed by atoms with van der Waals surface area (Å²) in [6.07, 6.45) is 1.07. The second kappa shape index (κ2) is 9.28. The van der Waals surface area contributed by atoms with Gasteiger partial charge in [0.25, 0.3) is 5.91 Å². The number of rotatable bonds is 5. The normalized spacial score (nSPS) is 12.1. The third-order valence-electron chi connectivity index (χ3n) is 5.73. The van der Waals surface area contributed by atoms with Gasteiger partial charge in [-0.3, -0.25) is 10.1 Å². The minimum atomic E-state index is -0.313. The summed E-state index contributed by atoms with van der Waals surface area (Å²) < 4.78 is 14.2. The largest absolute Gasteiger partial charge is 0.436 e. The van der Waals surface area contributed by atoms with Crippen molar-refractivity contribution < 1.29 is 9.21 Å². The van der Waals surface area contributed by atoms with Crippen molar-refractivity contribution >= 4 is 62.8 Å². The van der Waals surface area contributed by atoms with Crippen LogP contribution < -0.4 is 10.6 Å². The molecular formula is C25H21N5O2S2. The smallest absolute Gasteiger partial charge is 0.257 e. The first-order valence-electron chi connectivity index (χ1n) is 10.9. The molecule has 2 heterocycles. The molecule has 1 atom stereocenters. The van der Waals surface area contributed by atoms with Crippen LogP contribution in [-0.4, -0.2) is 24.8 Å². The maximum Gasteiger partial charge on any atom is 0.257 e. The SMILES string of the molecule is CCC(C)c1ccc2oc(-c3ccc(NC(=S)NC(=O)c4ccc5nsnc5c4)cc3)nc2c1. The number of fused-ring (bicyclic) bond motifs is 2. The predicted octanol–water partition coefficient (Wildman–Crippen LogP) is 6.14. The van der Waals surface area contributed by atoms with Crippen molar-refractivity contribution in [2.45, 2.75) is 26.2 Å². The lowest BCUT2D eigenvalue weighted by Gasteiger charge is -2.10. The fourth-order valence-electron chi connectivity index (χ4n) is 3.57. The van der Waals surface area contributed by atoms with Gasteiger partial charge in [0.15, 0.2) is 10.7 Å². The van der Waals surface area contributed by atoms with Crippen molar-refractivity contribution in [3.8, 4) is 11.5 Å². The van der Waals surface area contributed by atoms with Gasteiger partial charge in [-0.2, -0.15) is 8.75 Å². The highest BCUT2D eigenvalue weighted by atomic mass is 32.1. The van der Waals surface area contributed by atoms with Crippen LogP contribution in [0.3, 0.4) is 0 Å². The second-order valence-corrected chi connectivity index (χ2v) is 8.95. The molecule has 0 aliphatic heterocycles. The number of thiocarbonyl (C=S) groups is 1. The summed E-state index contributed by atoms with van der Waals surface area (Å²) in [5, 5.41) is 5.92. The molecule has 0 aliphatic carbocycles. The quantitative estimate of drug-likeness (QED) is 0.288. The third-order valence-corrected chi connectivity index (χ3v) is 6.49. The zero-order chi connectivity index (χ0) is 23.7. The summed E-state index contributed by atoms with van der Waals surface area (Å²) in [5.41, 5.74) is 6.38. The first-order valence-corrected chi connectivity index (χ1v) is 12.0. The van der Waals surface area contributed by atoms with Crippen LogP contribution in [0.2, 0.25) is 0 Å². The molecule has 5 rings (SSSR count). The molecule has 2 aromatic heterocycles. The molecule has 0 spiro atoms. The summed E-state index contributed by atoms with van der Waals surface area (Å²) >= 11 is 6.42. The Morgan fingerprint density at radius 3 is 2.62 bits per heavy atom. The van der Waals surface area contributed by atoms with Crippen LogP contribution in [0, 0.1) is 0 Å². The Morgan fingerprint density at radius 1 is 1.03 bits per heavy atom. The average molecular weight is 488 g/mol. The Kier molecular flexibility index (Phi) is 6.04. The number of anilines is 1. The van der Waals surface area contributed by atoms with Gasteiger partial charge in [0, 0.05) is 16.8 Å². The van der Waals surface area contributed by atoms with E-state index in [0.717, 1.165) is 46.0 Å². The first-order chi connectivity index (χ1) is 16.5. The van der Waals surface area contributed by atoms with Gasteiger partial charge in [-0.1, -0.05) is 19.9 Å². The van der Waals surface area contributed by atoms with E-state index in [0.29, 0.717) is 22.9 Å². The van der Waals surface area contributed by atoms with Crippen molar-refractivity contribution in [1.29, 1.82) is 0 Å². The number of benzene rings is 3. The van der Waals surface area contributed by atoms with Gasteiger partial charge in [0.05, 0.1) is 11.7 Å². The van der Waals surface area contributed by atoms with Crippen LogP contribution in [0.25, 0.3) is 33.6 Å². The van der Waals surface area contributed by atoms with Gasteiger partial charge in [-0.05, 0) is 84.7 Å². The lowest BCUT2D eigenvalue weighted by molar-refractivity contribution is 0.0978. The molecule has 0 bridgehead atoms. The standard InChI is InChI=1S/C25H21N5O2S2/c1-3-14(2)16-7-11-22-21(12-16)27-24(32-22)15-4-8-18(9-5-15)26-25(33)28-23(31)17-6-10-19-20(13-17)30-34-29-19/h4-14H,3H2,1-2H3,(H2,26,28,31,33). The third kappa shape index (κ3) is 4.52. The molecule has 1 amide bonds. The maximum atomic E-state index is 12.5. The van der Waals surface area contributed by atoms with E-state index in [1.54, 1.807) is 18.2 Å². The number of nitrogens with zero attached hydrogens (tertiary/aromatic N) is 3. The van der Waals surface area contributed by atoms with Gasteiger partial charge in [-0.15, -0.1) is 0 Å². The monoisotopic (exact) mass is 487 g/mol. The van der Waals surface area contributed by atoms with E-state index in [2.05, 4.69) is 50.3 Å². The Morgan fingerprint density at radius 2 is 1.82 bits per heavy atom. The molecule has 5 aromatic rings. The molecule has 0 fully saturated rings. The fraction of sp³-hybridized carbons (Fsp3) is 0.160. The number of hydrogen-bond donors (Lipinski definition) is 2. The van der Waals surface area contributed by atoms with Gasteiger partial charge in [-0.25, -0.2) is 4.98 Å². The van der Waals surface area contributed by atoms with Gasteiger partial charge in [0.2, 0.25) is 5.89 Å². The maximum absolute atomic E-state index is 12.5. The molecule has 170 valence electrons. The molecular weight excluding hydrogens is 466 g/mol. The molecule has 0 radical (unpaired) electrons. The van der Waals surface area contributed by atoms with Crippen molar-refractivity contribution in [1.82, 2.24) is 19.0 Å². The molecule has 9 heteroatoms. The number of carbonyl (C=O) groups excluding carboxylic acids is 1. The van der Waals surface area contributed by atoms with Crippen LogP contribution in [0.4, 0.5) is 5.69 Å².